The van der Waals surface area contributed by atoms with Gasteiger partial charge in [0.05, 0.1) is 17.5 Å². The van der Waals surface area contributed by atoms with Crippen molar-refractivity contribution in [2.24, 2.45) is 5.16 Å². The minimum absolute atomic E-state index is 0.141. The Morgan fingerprint density at radius 2 is 2.09 bits per heavy atom. The molecule has 1 amide bonds. The van der Waals surface area contributed by atoms with Gasteiger partial charge >= 0.3 is 0 Å². The van der Waals surface area contributed by atoms with Crippen LogP contribution in [-0.2, 0) is 9.63 Å². The van der Waals surface area contributed by atoms with E-state index in [1.165, 1.54) is 19.0 Å². The molecule has 1 aromatic carbocycles. The summed E-state index contributed by atoms with van der Waals surface area (Å²) in [4.78, 5) is 23.9. The second-order valence-electron chi connectivity index (χ2n) is 4.60. The lowest BCUT2D eigenvalue weighted by Crippen LogP contribution is -2.29. The monoisotopic (exact) mass is 302 g/mol. The molecule has 7 heteroatoms. The molecular weight excluding hydrogens is 284 g/mol. The van der Waals surface area contributed by atoms with E-state index in [0.29, 0.717) is 11.3 Å². The van der Waals surface area contributed by atoms with E-state index in [0.717, 1.165) is 11.3 Å². The molecule has 1 aromatic heterocycles. The Balaban J connectivity index is 2.49. The van der Waals surface area contributed by atoms with E-state index < -0.39 is 0 Å². The van der Waals surface area contributed by atoms with Gasteiger partial charge in [-0.25, -0.2) is 0 Å². The number of oxime groups is 1. The quantitative estimate of drug-likeness (QED) is 0.669. The maximum absolute atomic E-state index is 12.1. The van der Waals surface area contributed by atoms with Crippen molar-refractivity contribution < 1.29 is 14.5 Å². The molecule has 0 spiro atoms. The van der Waals surface area contributed by atoms with Crippen molar-refractivity contribution in [2.75, 3.05) is 14.2 Å². The normalized spacial score (nSPS) is 11.2. The van der Waals surface area contributed by atoms with E-state index in [1.807, 2.05) is 32.0 Å². The molecule has 2 rings (SSSR count). The lowest BCUT2D eigenvalue weighted by molar-refractivity contribution is -0.114. The van der Waals surface area contributed by atoms with Crippen LogP contribution in [0.2, 0.25) is 0 Å². The van der Waals surface area contributed by atoms with E-state index >= 15 is 0 Å². The summed E-state index contributed by atoms with van der Waals surface area (Å²) in [6, 6.07) is 7.26. The minimum Gasteiger partial charge on any atom is -0.398 e. The lowest BCUT2D eigenvalue weighted by Gasteiger charge is -2.13. The van der Waals surface area contributed by atoms with Crippen LogP contribution in [0.1, 0.15) is 16.8 Å². The summed E-state index contributed by atoms with van der Waals surface area (Å²) in [6.45, 7) is 3.73. The zero-order valence-corrected chi connectivity index (χ0v) is 13.0. The van der Waals surface area contributed by atoms with Gasteiger partial charge in [0.15, 0.2) is 11.5 Å². The molecule has 0 saturated heterocycles. The number of aromatic nitrogens is 2. The minimum atomic E-state index is -0.363. The SMILES string of the molecule is CNC(=O)/C(=N/OC)c1c(C)cccc1On1ccc(C)n1. The maximum atomic E-state index is 12.1. The van der Waals surface area contributed by atoms with Gasteiger partial charge in [0.25, 0.3) is 5.91 Å². The van der Waals surface area contributed by atoms with Gasteiger partial charge < -0.3 is 15.0 Å². The highest BCUT2D eigenvalue weighted by molar-refractivity contribution is 6.46. The smallest absolute Gasteiger partial charge is 0.273 e. The molecule has 0 bridgehead atoms. The van der Waals surface area contributed by atoms with Gasteiger partial charge in [0.2, 0.25) is 0 Å². The Labute approximate surface area is 128 Å². The highest BCUT2D eigenvalue weighted by Gasteiger charge is 2.21. The predicted molar refractivity (Wildman–Crippen MR) is 81.8 cm³/mol. The zero-order chi connectivity index (χ0) is 16.1. The largest absolute Gasteiger partial charge is 0.398 e. The van der Waals surface area contributed by atoms with Crippen LogP contribution in [0.4, 0.5) is 0 Å². The third kappa shape index (κ3) is 3.25. The summed E-state index contributed by atoms with van der Waals surface area (Å²) in [5.41, 5.74) is 2.35. The number of carbonyl (C=O) groups is 1. The molecular formula is C15H18N4O3. The average molecular weight is 302 g/mol. The fourth-order valence-electron chi connectivity index (χ4n) is 1.98. The predicted octanol–water partition coefficient (Wildman–Crippen LogP) is 1.44. The van der Waals surface area contributed by atoms with Crippen LogP contribution in [0.25, 0.3) is 0 Å². The molecule has 2 aromatic rings. The van der Waals surface area contributed by atoms with Crippen LogP contribution in [0.5, 0.6) is 5.75 Å². The second-order valence-corrected chi connectivity index (χ2v) is 4.60. The number of nitrogens with one attached hydrogen (secondary N) is 1. The first-order chi connectivity index (χ1) is 10.6. The topological polar surface area (TPSA) is 77.7 Å². The van der Waals surface area contributed by atoms with Crippen LogP contribution in [0, 0.1) is 13.8 Å². The molecule has 116 valence electrons. The van der Waals surface area contributed by atoms with Crippen LogP contribution in [0.15, 0.2) is 35.6 Å². The molecule has 7 nitrogen and oxygen atoms in total. The van der Waals surface area contributed by atoms with Gasteiger partial charge in [0.1, 0.15) is 7.11 Å². The van der Waals surface area contributed by atoms with Crippen LogP contribution in [0.3, 0.4) is 0 Å². The standard InChI is InChI=1S/C15H18N4O3/c1-10-6-5-7-12(22-19-9-8-11(2)17-19)13(10)14(18-21-4)15(20)16-3/h5-9H,1-4H3,(H,16,20)/b18-14+. The summed E-state index contributed by atoms with van der Waals surface area (Å²) < 4.78 is 0. The first kappa shape index (κ1) is 15.6. The van der Waals surface area contributed by atoms with Gasteiger partial charge in [-0.15, -0.1) is 9.94 Å². The summed E-state index contributed by atoms with van der Waals surface area (Å²) in [6.07, 6.45) is 1.69. The van der Waals surface area contributed by atoms with Crippen LogP contribution < -0.4 is 10.2 Å². The summed E-state index contributed by atoms with van der Waals surface area (Å²) >= 11 is 0. The number of aryl methyl sites for hydroxylation is 2. The Kier molecular flexibility index (Phi) is 4.77. The first-order valence-electron chi connectivity index (χ1n) is 6.70. The Morgan fingerprint density at radius 1 is 1.32 bits per heavy atom. The van der Waals surface area contributed by atoms with Gasteiger partial charge in [-0.1, -0.05) is 17.3 Å². The second kappa shape index (κ2) is 6.75. The van der Waals surface area contributed by atoms with Crippen molar-refractivity contribution in [2.45, 2.75) is 13.8 Å². The average Bonchev–Trinajstić information content (AvgIpc) is 2.90. The van der Waals surface area contributed by atoms with E-state index in [9.17, 15) is 4.79 Å². The van der Waals surface area contributed by atoms with Gasteiger partial charge in [-0.2, -0.15) is 0 Å². The Hall–Kier alpha value is -2.83. The third-order valence-electron chi connectivity index (χ3n) is 2.99. The number of nitrogens with zero attached hydrogens (tertiary/aromatic N) is 3. The van der Waals surface area contributed by atoms with E-state index in [2.05, 4.69) is 15.6 Å². The number of hydrogen-bond acceptors (Lipinski definition) is 5. The summed E-state index contributed by atoms with van der Waals surface area (Å²) in [5.74, 6) is 0.0974. The molecule has 0 radical (unpaired) electrons. The highest BCUT2D eigenvalue weighted by Crippen LogP contribution is 2.24. The fraction of sp³-hybridized carbons (Fsp3) is 0.267. The van der Waals surface area contributed by atoms with E-state index in [4.69, 9.17) is 9.68 Å². The molecule has 1 N–H and O–H groups in total. The highest BCUT2D eigenvalue weighted by atomic mass is 16.7. The lowest BCUT2D eigenvalue weighted by atomic mass is 10.0. The van der Waals surface area contributed by atoms with Crippen molar-refractivity contribution in [1.29, 1.82) is 0 Å². The molecule has 0 aliphatic heterocycles. The van der Waals surface area contributed by atoms with Gasteiger partial charge in [-0.3, -0.25) is 4.79 Å². The van der Waals surface area contributed by atoms with E-state index in [1.54, 1.807) is 12.3 Å². The van der Waals surface area contributed by atoms with Gasteiger partial charge in [0, 0.05) is 7.05 Å². The van der Waals surface area contributed by atoms with Crippen molar-refractivity contribution in [1.82, 2.24) is 15.3 Å². The molecule has 0 saturated carbocycles. The van der Waals surface area contributed by atoms with Crippen LogP contribution >= 0.6 is 0 Å². The number of carbonyl (C=O) groups excluding carboxylic acids is 1. The Morgan fingerprint density at radius 3 is 2.68 bits per heavy atom. The zero-order valence-electron chi connectivity index (χ0n) is 13.0. The van der Waals surface area contributed by atoms with Crippen molar-refractivity contribution in [3.8, 4) is 5.75 Å². The van der Waals surface area contributed by atoms with Crippen LogP contribution in [-0.4, -0.2) is 35.7 Å². The number of rotatable bonds is 5. The van der Waals surface area contributed by atoms with Crippen molar-refractivity contribution in [3.63, 3.8) is 0 Å². The number of likely N-dealkylation sites (N-methyl/N-ethyl adjacent to an activating group) is 1. The molecule has 0 fully saturated rings. The molecule has 0 atom stereocenters. The van der Waals surface area contributed by atoms with E-state index in [-0.39, 0.29) is 11.6 Å². The van der Waals surface area contributed by atoms with Gasteiger partial charge in [-0.05, 0) is 31.5 Å². The summed E-state index contributed by atoms with van der Waals surface area (Å²) in [5, 5.41) is 10.5. The molecule has 0 aliphatic rings. The molecule has 0 aliphatic carbocycles. The molecule has 22 heavy (non-hydrogen) atoms. The summed E-state index contributed by atoms with van der Waals surface area (Å²) in [7, 11) is 2.92. The number of amides is 1. The fourth-order valence-corrected chi connectivity index (χ4v) is 1.98. The molecule has 0 unspecified atom stereocenters. The Bertz CT molecular complexity index is 707. The van der Waals surface area contributed by atoms with Crippen molar-refractivity contribution >= 4 is 11.6 Å². The van der Waals surface area contributed by atoms with Crippen molar-refractivity contribution in [3.05, 3.63) is 47.3 Å². The number of hydrogen-bond donors (Lipinski definition) is 1. The first-order valence-corrected chi connectivity index (χ1v) is 6.70. The number of benzene rings is 1. The third-order valence-corrected chi connectivity index (χ3v) is 2.99. The molecule has 1 heterocycles. The maximum Gasteiger partial charge on any atom is 0.273 e.